The number of hydrogen-bond donors (Lipinski definition) is 9. The predicted molar refractivity (Wildman–Crippen MR) is 271 cm³/mol. The molecule has 20 heteroatoms. The summed E-state index contributed by atoms with van der Waals surface area (Å²) in [5.74, 6) is -3.96. The van der Waals surface area contributed by atoms with Gasteiger partial charge in [0.1, 0.15) is 48.4 Å². The van der Waals surface area contributed by atoms with Crippen molar-refractivity contribution in [1.29, 1.82) is 0 Å². The molecule has 1 saturated heterocycles. The van der Waals surface area contributed by atoms with Gasteiger partial charge < -0.3 is 74.8 Å². The quantitative estimate of drug-likeness (QED) is 0.0122. The lowest BCUT2D eigenvalue weighted by atomic mass is 9.99. The normalized spacial score (nSPS) is 21.5. The predicted octanol–water partition coefficient (Wildman–Crippen LogP) is 5.37. The van der Waals surface area contributed by atoms with Crippen LogP contribution in [0.15, 0.2) is 11.8 Å². The van der Waals surface area contributed by atoms with Crippen LogP contribution in [0.25, 0.3) is 0 Å². The van der Waals surface area contributed by atoms with Crippen LogP contribution < -0.4 is 10.6 Å². The minimum atomic E-state index is -2.08. The molecule has 1 aliphatic rings. The summed E-state index contributed by atoms with van der Waals surface area (Å²) < 4.78 is 34.3. The third kappa shape index (κ3) is 28.3. The number of allylic oxidation sites excluding steroid dienone is 1. The monoisotopic (exact) mass is 1050 g/mol. The zero-order valence-corrected chi connectivity index (χ0v) is 45.3. The fourth-order valence-corrected chi connectivity index (χ4v) is 8.60. The number of aliphatic hydroxyl groups is 7. The molecular formula is C53H96N2O18. The molecule has 1 aliphatic heterocycles. The second-order valence-corrected chi connectivity index (χ2v) is 19.9. The van der Waals surface area contributed by atoms with Crippen LogP contribution in [-0.2, 0) is 52.4 Å². The van der Waals surface area contributed by atoms with E-state index in [-0.39, 0.29) is 31.8 Å². The lowest BCUT2D eigenvalue weighted by Gasteiger charge is -2.42. The summed E-state index contributed by atoms with van der Waals surface area (Å²) in [5, 5.41) is 80.1. The van der Waals surface area contributed by atoms with Gasteiger partial charge in [0.15, 0.2) is 18.7 Å². The van der Waals surface area contributed by atoms with Gasteiger partial charge >= 0.3 is 17.9 Å². The van der Waals surface area contributed by atoms with Crippen LogP contribution in [0.3, 0.4) is 0 Å². The van der Waals surface area contributed by atoms with Gasteiger partial charge in [0.05, 0.1) is 50.7 Å². The SMILES string of the molecule is C/C=C(/O)C(OC1OC(C)C(O)C(OC(C)=O)C1O)C(O)C(O)OC(CCCCCCC)CC(=O)OC(CCCCCCC)CC(=O)OC(CCCCCCC)CC(=O)NC(CO)C(=O)NC(CO)CC(C)C. The van der Waals surface area contributed by atoms with Crippen molar-refractivity contribution in [2.24, 2.45) is 5.92 Å². The fourth-order valence-electron chi connectivity index (χ4n) is 8.60. The molecule has 0 aromatic rings. The Hall–Kier alpha value is -3.47. The number of rotatable bonds is 41. The average molecular weight is 1050 g/mol. The molecule has 0 aliphatic carbocycles. The highest BCUT2D eigenvalue weighted by molar-refractivity contribution is 5.88. The molecule has 13 unspecified atom stereocenters. The molecule has 20 nitrogen and oxygen atoms in total. The molecule has 0 aromatic carbocycles. The highest BCUT2D eigenvalue weighted by atomic mass is 16.7. The van der Waals surface area contributed by atoms with Crippen molar-refractivity contribution in [2.75, 3.05) is 13.2 Å². The van der Waals surface area contributed by atoms with E-state index in [1.165, 1.54) is 19.9 Å². The molecule has 1 heterocycles. The first kappa shape index (κ1) is 67.5. The molecule has 0 spiro atoms. The van der Waals surface area contributed by atoms with Gasteiger partial charge in [-0.15, -0.1) is 0 Å². The van der Waals surface area contributed by atoms with E-state index in [0.717, 1.165) is 84.0 Å². The molecule has 13 atom stereocenters. The summed E-state index contributed by atoms with van der Waals surface area (Å²) in [6.07, 6.45) is -1.55. The zero-order chi connectivity index (χ0) is 54.9. The van der Waals surface area contributed by atoms with E-state index in [9.17, 15) is 59.7 Å². The van der Waals surface area contributed by atoms with E-state index in [4.69, 9.17) is 28.4 Å². The largest absolute Gasteiger partial charge is 0.510 e. The minimum absolute atomic E-state index is 0.169. The number of aliphatic hydroxyl groups excluding tert-OH is 7. The Kier molecular flexibility index (Phi) is 36.1. The highest BCUT2D eigenvalue weighted by Crippen LogP contribution is 2.29. The molecule has 0 saturated carbocycles. The van der Waals surface area contributed by atoms with Gasteiger partial charge in [0.25, 0.3) is 0 Å². The van der Waals surface area contributed by atoms with Crippen LogP contribution >= 0.6 is 0 Å². The number of carbonyl (C=O) groups excluding carboxylic acids is 5. The Morgan fingerprint density at radius 2 is 1.18 bits per heavy atom. The maximum Gasteiger partial charge on any atom is 0.309 e. The topological polar surface area (TPSA) is 306 Å². The maximum atomic E-state index is 13.8. The Balaban J connectivity index is 3.32. The molecule has 0 aromatic heterocycles. The van der Waals surface area contributed by atoms with Crippen molar-refractivity contribution in [3.05, 3.63) is 11.8 Å². The van der Waals surface area contributed by atoms with Gasteiger partial charge in [-0.05, 0) is 64.4 Å². The van der Waals surface area contributed by atoms with E-state index in [2.05, 4.69) is 31.4 Å². The van der Waals surface area contributed by atoms with Crippen molar-refractivity contribution in [3.63, 3.8) is 0 Å². The Labute approximate surface area is 434 Å². The number of amides is 2. The van der Waals surface area contributed by atoms with Crippen LogP contribution in [0.1, 0.15) is 197 Å². The van der Waals surface area contributed by atoms with Crippen molar-refractivity contribution < 1.29 is 88.1 Å². The van der Waals surface area contributed by atoms with Crippen molar-refractivity contribution in [3.8, 4) is 0 Å². The van der Waals surface area contributed by atoms with E-state index in [1.54, 1.807) is 0 Å². The molecule has 0 bridgehead atoms. The summed E-state index contributed by atoms with van der Waals surface area (Å²) in [4.78, 5) is 65.7. The molecular weight excluding hydrogens is 953 g/mol. The Morgan fingerprint density at radius 1 is 0.685 bits per heavy atom. The van der Waals surface area contributed by atoms with Gasteiger partial charge in [0.2, 0.25) is 11.8 Å². The number of carbonyl (C=O) groups is 5. The first-order valence-corrected chi connectivity index (χ1v) is 27.2. The van der Waals surface area contributed by atoms with E-state index >= 15 is 0 Å². The lowest BCUT2D eigenvalue weighted by Crippen LogP contribution is -2.60. The molecule has 1 rings (SSSR count). The second kappa shape index (κ2) is 39.0. The molecule has 9 N–H and O–H groups in total. The van der Waals surface area contributed by atoms with Gasteiger partial charge in [-0.2, -0.15) is 0 Å². The number of nitrogens with one attached hydrogen (secondary N) is 2. The van der Waals surface area contributed by atoms with Gasteiger partial charge in [-0.3, -0.25) is 24.0 Å². The van der Waals surface area contributed by atoms with Crippen LogP contribution in [0.5, 0.6) is 0 Å². The summed E-state index contributed by atoms with van der Waals surface area (Å²) in [5.41, 5.74) is 0. The fraction of sp³-hybridized carbons (Fsp3) is 0.868. The van der Waals surface area contributed by atoms with Gasteiger partial charge in [-0.25, -0.2) is 0 Å². The Bertz CT molecular complexity index is 1570. The second-order valence-electron chi connectivity index (χ2n) is 19.9. The van der Waals surface area contributed by atoms with Crippen LogP contribution in [0.4, 0.5) is 0 Å². The van der Waals surface area contributed by atoms with Gasteiger partial charge in [-0.1, -0.05) is 118 Å². The van der Waals surface area contributed by atoms with Crippen molar-refractivity contribution >= 4 is 29.7 Å². The maximum absolute atomic E-state index is 13.8. The van der Waals surface area contributed by atoms with Crippen LogP contribution in [0, 0.1) is 5.92 Å². The molecule has 73 heavy (non-hydrogen) atoms. The van der Waals surface area contributed by atoms with Crippen molar-refractivity contribution in [1.82, 2.24) is 10.6 Å². The highest BCUT2D eigenvalue weighted by Gasteiger charge is 2.48. The summed E-state index contributed by atoms with van der Waals surface area (Å²) in [6.45, 7) is 13.0. The number of hydrogen-bond acceptors (Lipinski definition) is 18. The van der Waals surface area contributed by atoms with Crippen LogP contribution in [0.2, 0.25) is 0 Å². The molecule has 1 fully saturated rings. The third-order valence-corrected chi connectivity index (χ3v) is 12.7. The number of unbranched alkanes of at least 4 members (excludes halogenated alkanes) is 12. The summed E-state index contributed by atoms with van der Waals surface area (Å²) >= 11 is 0. The molecule has 426 valence electrons. The number of esters is 3. The molecule has 2 amide bonds. The first-order chi connectivity index (χ1) is 34.7. The summed E-state index contributed by atoms with van der Waals surface area (Å²) in [7, 11) is 0. The zero-order valence-electron chi connectivity index (χ0n) is 45.3. The first-order valence-electron chi connectivity index (χ1n) is 27.2. The van der Waals surface area contributed by atoms with Gasteiger partial charge in [0, 0.05) is 6.92 Å². The molecule has 0 radical (unpaired) electrons. The van der Waals surface area contributed by atoms with Crippen molar-refractivity contribution in [2.45, 2.75) is 276 Å². The third-order valence-electron chi connectivity index (χ3n) is 12.7. The van der Waals surface area contributed by atoms with E-state index < -0.39 is 128 Å². The van der Waals surface area contributed by atoms with Crippen LogP contribution in [-0.4, -0.2) is 158 Å². The smallest absolute Gasteiger partial charge is 0.309 e. The number of ether oxygens (including phenoxy) is 6. The average Bonchev–Trinajstić information content (AvgIpc) is 3.33. The van der Waals surface area contributed by atoms with E-state index in [1.807, 2.05) is 13.8 Å². The minimum Gasteiger partial charge on any atom is -0.510 e. The standard InChI is InChI=1S/C53H96N2O18/c1-9-13-16-19-22-25-38(29-43(60)55-41(33-57)51(66)54-37(32-56)28-34(5)6)70-44(61)30-39(26-23-20-17-14-10-2)71-45(62)31-40(27-24-21-18-15-11-3)72-52(67)47(64)49(42(59)12-4)73-53-48(65)50(69-36(8)58)46(63)35(7)68-53/h12,34-35,37-41,46-50,52-53,56-57,59,63-65,67H,9-11,13-33H2,1-8H3,(H,54,66)(H,55,60)/b42-12+. The lowest BCUT2D eigenvalue weighted by molar-refractivity contribution is -0.318. The van der Waals surface area contributed by atoms with E-state index in [0.29, 0.717) is 38.5 Å². The summed E-state index contributed by atoms with van der Waals surface area (Å²) in [6, 6.07) is -1.87. The Morgan fingerprint density at radius 3 is 1.64 bits per heavy atom.